The van der Waals surface area contributed by atoms with Crippen molar-refractivity contribution >= 4 is 17.2 Å². The summed E-state index contributed by atoms with van der Waals surface area (Å²) in [6.07, 6.45) is 4.93. The van der Waals surface area contributed by atoms with Gasteiger partial charge in [-0.15, -0.1) is 17.9 Å². The number of nitrogens with zero attached hydrogens (tertiary/aromatic N) is 5. The van der Waals surface area contributed by atoms with Gasteiger partial charge in [-0.25, -0.2) is 4.98 Å². The molecule has 1 aliphatic rings. The maximum Gasteiger partial charge on any atom is 0.273 e. The predicted molar refractivity (Wildman–Crippen MR) is 95.1 cm³/mol. The molecule has 2 aromatic heterocycles. The van der Waals surface area contributed by atoms with Crippen LogP contribution in [0, 0.1) is 6.92 Å². The van der Waals surface area contributed by atoms with Gasteiger partial charge < -0.3 is 4.90 Å². The zero-order valence-corrected chi connectivity index (χ0v) is 14.8. The van der Waals surface area contributed by atoms with Crippen molar-refractivity contribution in [2.45, 2.75) is 26.4 Å². The summed E-state index contributed by atoms with van der Waals surface area (Å²) >= 11 is 1.46. The Kier molecular flexibility index (Phi) is 5.42. The van der Waals surface area contributed by atoms with Gasteiger partial charge in [0.1, 0.15) is 5.69 Å². The molecule has 0 aromatic carbocycles. The van der Waals surface area contributed by atoms with E-state index in [1.165, 1.54) is 16.9 Å². The minimum absolute atomic E-state index is 0.0492. The van der Waals surface area contributed by atoms with Gasteiger partial charge in [0.2, 0.25) is 0 Å². The first-order valence-corrected chi connectivity index (χ1v) is 9.15. The maximum atomic E-state index is 12.4. The number of allylic oxidation sites excluding steroid dienone is 1. The van der Waals surface area contributed by atoms with Gasteiger partial charge in [0.05, 0.1) is 17.7 Å². The highest BCUT2D eigenvalue weighted by atomic mass is 32.1. The second-order valence-corrected chi connectivity index (χ2v) is 6.76. The summed E-state index contributed by atoms with van der Waals surface area (Å²) in [6, 6.07) is 0. The van der Waals surface area contributed by atoms with Gasteiger partial charge in [-0.2, -0.15) is 5.10 Å². The van der Waals surface area contributed by atoms with Crippen LogP contribution in [0.3, 0.4) is 0 Å². The van der Waals surface area contributed by atoms with Crippen LogP contribution in [0.2, 0.25) is 0 Å². The predicted octanol–water partition coefficient (Wildman–Crippen LogP) is 2.18. The van der Waals surface area contributed by atoms with Crippen molar-refractivity contribution in [2.24, 2.45) is 0 Å². The van der Waals surface area contributed by atoms with Gasteiger partial charge in [-0.05, 0) is 13.3 Å². The van der Waals surface area contributed by atoms with Crippen LogP contribution in [0.4, 0.5) is 0 Å². The molecule has 1 fully saturated rings. The minimum Gasteiger partial charge on any atom is -0.336 e. The van der Waals surface area contributed by atoms with Crippen molar-refractivity contribution in [1.29, 1.82) is 0 Å². The molecule has 0 spiro atoms. The zero-order valence-electron chi connectivity index (χ0n) is 14.0. The summed E-state index contributed by atoms with van der Waals surface area (Å²) in [6.45, 7) is 10.8. The SMILES string of the molecule is C=CCn1cc(CN2CCCN(C(=O)c3cscn3)CC2)c(C)n1. The molecular weight excluding hydrogens is 322 g/mol. The second-order valence-electron chi connectivity index (χ2n) is 6.05. The molecule has 7 heteroatoms. The normalized spacial score (nSPS) is 16.1. The molecule has 24 heavy (non-hydrogen) atoms. The Labute approximate surface area is 146 Å². The average molecular weight is 345 g/mol. The van der Waals surface area contributed by atoms with E-state index < -0.39 is 0 Å². The molecule has 1 saturated heterocycles. The van der Waals surface area contributed by atoms with E-state index in [0.29, 0.717) is 5.69 Å². The molecule has 1 aliphatic heterocycles. The molecule has 3 rings (SSSR count). The number of aryl methyl sites for hydroxylation is 1. The Morgan fingerprint density at radius 3 is 3.00 bits per heavy atom. The fraction of sp³-hybridized carbons (Fsp3) is 0.471. The van der Waals surface area contributed by atoms with E-state index in [9.17, 15) is 4.79 Å². The summed E-state index contributed by atoms with van der Waals surface area (Å²) in [5, 5.41) is 6.34. The monoisotopic (exact) mass is 345 g/mol. The van der Waals surface area contributed by atoms with E-state index >= 15 is 0 Å². The fourth-order valence-electron chi connectivity index (χ4n) is 2.99. The number of hydrogen-bond acceptors (Lipinski definition) is 5. The van der Waals surface area contributed by atoms with Gasteiger partial charge >= 0.3 is 0 Å². The Morgan fingerprint density at radius 1 is 1.38 bits per heavy atom. The van der Waals surface area contributed by atoms with Crippen molar-refractivity contribution in [3.8, 4) is 0 Å². The fourth-order valence-corrected chi connectivity index (χ4v) is 3.52. The van der Waals surface area contributed by atoms with Crippen LogP contribution in [0.5, 0.6) is 0 Å². The van der Waals surface area contributed by atoms with E-state index in [4.69, 9.17) is 0 Å². The van der Waals surface area contributed by atoms with Gasteiger partial charge in [0, 0.05) is 49.9 Å². The van der Waals surface area contributed by atoms with Crippen LogP contribution in [-0.2, 0) is 13.1 Å². The highest BCUT2D eigenvalue weighted by Crippen LogP contribution is 2.14. The zero-order chi connectivity index (χ0) is 16.9. The third-order valence-corrected chi connectivity index (χ3v) is 4.87. The molecule has 0 atom stereocenters. The Balaban J connectivity index is 1.59. The Bertz CT molecular complexity index is 694. The second kappa shape index (κ2) is 7.72. The number of amides is 1. The number of hydrogen-bond donors (Lipinski definition) is 0. The first kappa shape index (κ1) is 16.9. The molecular formula is C17H23N5OS. The summed E-state index contributed by atoms with van der Waals surface area (Å²) in [4.78, 5) is 20.9. The molecule has 0 radical (unpaired) electrons. The lowest BCUT2D eigenvalue weighted by atomic mass is 10.2. The molecule has 0 saturated carbocycles. The summed E-state index contributed by atoms with van der Waals surface area (Å²) < 4.78 is 1.92. The van der Waals surface area contributed by atoms with Crippen LogP contribution in [0.15, 0.2) is 29.7 Å². The summed E-state index contributed by atoms with van der Waals surface area (Å²) in [5.41, 5.74) is 4.59. The molecule has 1 amide bonds. The lowest BCUT2D eigenvalue weighted by Crippen LogP contribution is -2.35. The van der Waals surface area contributed by atoms with Gasteiger partial charge in [0.25, 0.3) is 5.91 Å². The van der Waals surface area contributed by atoms with Crippen molar-refractivity contribution in [1.82, 2.24) is 24.6 Å². The molecule has 0 bridgehead atoms. The molecule has 128 valence electrons. The first-order chi connectivity index (χ1) is 11.7. The van der Waals surface area contributed by atoms with E-state index in [1.807, 2.05) is 28.0 Å². The highest BCUT2D eigenvalue weighted by molar-refractivity contribution is 7.07. The van der Waals surface area contributed by atoms with Crippen molar-refractivity contribution in [2.75, 3.05) is 26.2 Å². The summed E-state index contributed by atoms with van der Waals surface area (Å²) in [5.74, 6) is 0.0492. The number of aromatic nitrogens is 3. The molecule has 3 heterocycles. The van der Waals surface area contributed by atoms with E-state index in [0.717, 1.165) is 51.4 Å². The highest BCUT2D eigenvalue weighted by Gasteiger charge is 2.22. The lowest BCUT2D eigenvalue weighted by Gasteiger charge is -2.21. The molecule has 0 aliphatic carbocycles. The van der Waals surface area contributed by atoms with E-state index in [1.54, 1.807) is 5.51 Å². The quantitative estimate of drug-likeness (QED) is 0.780. The third-order valence-electron chi connectivity index (χ3n) is 4.29. The van der Waals surface area contributed by atoms with Gasteiger partial charge in [-0.1, -0.05) is 6.08 Å². The van der Waals surface area contributed by atoms with E-state index in [-0.39, 0.29) is 5.91 Å². The molecule has 0 N–H and O–H groups in total. The molecule has 6 nitrogen and oxygen atoms in total. The van der Waals surface area contributed by atoms with Gasteiger partial charge in [-0.3, -0.25) is 14.4 Å². The molecule has 0 unspecified atom stereocenters. The number of thiazole rings is 1. The number of carbonyl (C=O) groups is 1. The average Bonchev–Trinajstić information content (AvgIpc) is 3.14. The Morgan fingerprint density at radius 2 is 2.25 bits per heavy atom. The van der Waals surface area contributed by atoms with Crippen LogP contribution in [-0.4, -0.2) is 56.7 Å². The topological polar surface area (TPSA) is 54.3 Å². The number of carbonyl (C=O) groups excluding carboxylic acids is 1. The standard InChI is InChI=1S/C17H23N5OS/c1-3-5-22-11-15(14(2)19-22)10-20-6-4-7-21(9-8-20)17(23)16-12-24-13-18-16/h3,11-13H,1,4-10H2,2H3. The van der Waals surface area contributed by atoms with Crippen LogP contribution < -0.4 is 0 Å². The summed E-state index contributed by atoms with van der Waals surface area (Å²) in [7, 11) is 0. The Hall–Kier alpha value is -1.99. The van der Waals surface area contributed by atoms with Crippen molar-refractivity contribution < 1.29 is 4.79 Å². The maximum absolute atomic E-state index is 12.4. The largest absolute Gasteiger partial charge is 0.336 e. The van der Waals surface area contributed by atoms with E-state index in [2.05, 4.69) is 27.8 Å². The lowest BCUT2D eigenvalue weighted by molar-refractivity contribution is 0.0756. The van der Waals surface area contributed by atoms with Crippen molar-refractivity contribution in [3.05, 3.63) is 46.7 Å². The number of rotatable bonds is 5. The van der Waals surface area contributed by atoms with Crippen LogP contribution in [0.1, 0.15) is 28.2 Å². The van der Waals surface area contributed by atoms with Crippen LogP contribution in [0.25, 0.3) is 0 Å². The third kappa shape index (κ3) is 3.91. The van der Waals surface area contributed by atoms with Crippen molar-refractivity contribution in [3.63, 3.8) is 0 Å². The van der Waals surface area contributed by atoms with Gasteiger partial charge in [0.15, 0.2) is 0 Å². The first-order valence-electron chi connectivity index (χ1n) is 8.21. The van der Waals surface area contributed by atoms with Crippen LogP contribution >= 0.6 is 11.3 Å². The molecule has 2 aromatic rings. The smallest absolute Gasteiger partial charge is 0.273 e. The minimum atomic E-state index is 0.0492.